The van der Waals surface area contributed by atoms with Crippen LogP contribution in [0.5, 0.6) is 0 Å². The number of anilines is 1. The topological polar surface area (TPSA) is 66.4 Å². The molecule has 88 valence electrons. The minimum absolute atomic E-state index is 0.185. The maximum Gasteiger partial charge on any atom is 0.425 e. The smallest absolute Gasteiger partial charge is 0.425 e. The number of thiophene rings is 1. The van der Waals surface area contributed by atoms with Crippen LogP contribution in [0.1, 0.15) is 22.2 Å². The first kappa shape index (κ1) is 12.5. The molecular weight excluding hydrogens is 247 g/mol. The summed E-state index contributed by atoms with van der Waals surface area (Å²) in [6.07, 6.45) is -4.62. The Morgan fingerprint density at radius 3 is 2.38 bits per heavy atom. The summed E-state index contributed by atoms with van der Waals surface area (Å²) in [5.74, 6) is -2.14. The number of carboxylic acid groups (broad SMARTS) is 1. The lowest BCUT2D eigenvalue weighted by atomic mass is 10.3. The summed E-state index contributed by atoms with van der Waals surface area (Å²) >= 11 is 0.185. The highest BCUT2D eigenvalue weighted by Crippen LogP contribution is 2.39. The van der Waals surface area contributed by atoms with E-state index in [1.54, 1.807) is 0 Å². The number of carboxylic acids is 1. The molecule has 0 radical (unpaired) electrons. The third-order valence-electron chi connectivity index (χ3n) is 1.53. The monoisotopic (exact) mass is 253 g/mol. The molecule has 0 unspecified atom stereocenters. The van der Waals surface area contributed by atoms with Crippen molar-refractivity contribution in [3.05, 3.63) is 16.5 Å². The van der Waals surface area contributed by atoms with Gasteiger partial charge in [0.1, 0.15) is 9.88 Å². The first-order valence-corrected chi connectivity index (χ1v) is 4.75. The van der Waals surface area contributed by atoms with Crippen LogP contribution in [0.2, 0.25) is 0 Å². The molecule has 0 atom stereocenters. The fourth-order valence-corrected chi connectivity index (χ4v) is 1.91. The van der Waals surface area contributed by atoms with Crippen molar-refractivity contribution in [2.75, 3.05) is 5.32 Å². The molecule has 1 rings (SSSR count). The number of rotatable bonds is 2. The third kappa shape index (κ3) is 2.72. The van der Waals surface area contributed by atoms with Crippen molar-refractivity contribution in [2.24, 2.45) is 0 Å². The Kier molecular flexibility index (Phi) is 3.22. The third-order valence-corrected chi connectivity index (χ3v) is 2.63. The molecule has 0 aliphatic rings. The fourth-order valence-electron chi connectivity index (χ4n) is 0.942. The minimum Gasteiger partial charge on any atom is -0.478 e. The van der Waals surface area contributed by atoms with Gasteiger partial charge in [0.15, 0.2) is 0 Å². The molecule has 0 saturated carbocycles. The highest BCUT2D eigenvalue weighted by Gasteiger charge is 2.35. The van der Waals surface area contributed by atoms with Gasteiger partial charge in [-0.25, -0.2) is 4.79 Å². The normalized spacial score (nSPS) is 11.2. The summed E-state index contributed by atoms with van der Waals surface area (Å²) in [6, 6.07) is 0.498. The van der Waals surface area contributed by atoms with Gasteiger partial charge < -0.3 is 10.4 Å². The first-order valence-electron chi connectivity index (χ1n) is 3.93. The van der Waals surface area contributed by atoms with Gasteiger partial charge in [-0.15, -0.1) is 11.3 Å². The Morgan fingerprint density at radius 2 is 2.00 bits per heavy atom. The molecule has 0 aliphatic carbocycles. The molecule has 1 amide bonds. The highest BCUT2D eigenvalue weighted by atomic mass is 32.1. The number of alkyl halides is 3. The van der Waals surface area contributed by atoms with Gasteiger partial charge in [-0.05, 0) is 6.07 Å². The van der Waals surface area contributed by atoms with E-state index >= 15 is 0 Å². The van der Waals surface area contributed by atoms with Crippen molar-refractivity contribution in [3.63, 3.8) is 0 Å². The maximum absolute atomic E-state index is 12.3. The predicted octanol–water partition coefficient (Wildman–Crippen LogP) is 2.42. The minimum atomic E-state index is -4.62. The number of aromatic carboxylic acids is 1. The SMILES string of the molecule is CC(=O)Nc1sc(C(F)(F)F)cc1C(=O)O. The standard InChI is InChI=1S/C8H6F3NO3S/c1-3(13)12-6-4(7(14)15)2-5(16-6)8(9,10)11/h2H,1H3,(H,12,13)(H,14,15). The van der Waals surface area contributed by atoms with E-state index in [2.05, 4.69) is 0 Å². The van der Waals surface area contributed by atoms with Crippen LogP contribution in [0.15, 0.2) is 6.07 Å². The summed E-state index contributed by atoms with van der Waals surface area (Å²) in [6.45, 7) is 1.08. The van der Waals surface area contributed by atoms with Crippen molar-refractivity contribution in [1.82, 2.24) is 0 Å². The molecule has 0 aromatic carbocycles. The van der Waals surface area contributed by atoms with Gasteiger partial charge in [0.2, 0.25) is 5.91 Å². The molecule has 0 saturated heterocycles. The van der Waals surface area contributed by atoms with Gasteiger partial charge in [0.05, 0.1) is 5.56 Å². The second-order valence-corrected chi connectivity index (χ2v) is 3.89. The van der Waals surface area contributed by atoms with Crippen LogP contribution in [-0.4, -0.2) is 17.0 Å². The lowest BCUT2D eigenvalue weighted by Crippen LogP contribution is -2.07. The highest BCUT2D eigenvalue weighted by molar-refractivity contribution is 7.16. The number of carbonyl (C=O) groups excluding carboxylic acids is 1. The summed E-state index contributed by atoms with van der Waals surface area (Å²) in [7, 11) is 0. The summed E-state index contributed by atoms with van der Waals surface area (Å²) in [4.78, 5) is 20.2. The summed E-state index contributed by atoms with van der Waals surface area (Å²) < 4.78 is 36.9. The Labute approximate surface area is 91.7 Å². The number of halogens is 3. The number of hydrogen-bond acceptors (Lipinski definition) is 3. The molecule has 0 bridgehead atoms. The van der Waals surface area contributed by atoms with E-state index < -0.39 is 28.5 Å². The largest absolute Gasteiger partial charge is 0.478 e. The predicted molar refractivity (Wildman–Crippen MR) is 50.6 cm³/mol. The number of carbonyl (C=O) groups is 2. The Balaban J connectivity index is 3.20. The number of amides is 1. The average Bonchev–Trinajstić information content (AvgIpc) is 2.45. The quantitative estimate of drug-likeness (QED) is 0.850. The molecular formula is C8H6F3NO3S. The van der Waals surface area contributed by atoms with Crippen LogP contribution in [0.4, 0.5) is 18.2 Å². The second kappa shape index (κ2) is 4.12. The number of hydrogen-bond donors (Lipinski definition) is 2. The van der Waals surface area contributed by atoms with Crippen molar-refractivity contribution in [3.8, 4) is 0 Å². The lowest BCUT2D eigenvalue weighted by molar-refractivity contribution is -0.134. The Morgan fingerprint density at radius 1 is 1.44 bits per heavy atom. The fraction of sp³-hybridized carbons (Fsp3) is 0.250. The van der Waals surface area contributed by atoms with Crippen molar-refractivity contribution < 1.29 is 27.9 Å². The lowest BCUT2D eigenvalue weighted by Gasteiger charge is -2.00. The molecule has 2 N–H and O–H groups in total. The summed E-state index contributed by atoms with van der Waals surface area (Å²) in [5, 5.41) is 10.4. The van der Waals surface area contributed by atoms with Gasteiger partial charge >= 0.3 is 12.1 Å². The van der Waals surface area contributed by atoms with E-state index in [9.17, 15) is 22.8 Å². The van der Waals surface area contributed by atoms with Crippen LogP contribution in [0.25, 0.3) is 0 Å². The molecule has 8 heteroatoms. The zero-order valence-corrected chi connectivity index (χ0v) is 8.70. The van der Waals surface area contributed by atoms with Gasteiger partial charge in [0.25, 0.3) is 0 Å². The molecule has 16 heavy (non-hydrogen) atoms. The molecule has 0 spiro atoms. The van der Waals surface area contributed by atoms with Gasteiger partial charge in [0, 0.05) is 6.92 Å². The van der Waals surface area contributed by atoms with Crippen LogP contribution < -0.4 is 5.32 Å². The number of nitrogens with one attached hydrogen (secondary N) is 1. The molecule has 1 heterocycles. The van der Waals surface area contributed by atoms with Crippen LogP contribution >= 0.6 is 11.3 Å². The van der Waals surface area contributed by atoms with E-state index in [1.165, 1.54) is 0 Å². The Bertz CT molecular complexity index is 438. The maximum atomic E-state index is 12.3. The second-order valence-electron chi connectivity index (χ2n) is 2.84. The van der Waals surface area contributed by atoms with Crippen molar-refractivity contribution >= 4 is 28.2 Å². The van der Waals surface area contributed by atoms with Crippen molar-refractivity contribution in [2.45, 2.75) is 13.1 Å². The van der Waals surface area contributed by atoms with Gasteiger partial charge in [-0.1, -0.05) is 0 Å². The van der Waals surface area contributed by atoms with Gasteiger partial charge in [-0.3, -0.25) is 4.79 Å². The van der Waals surface area contributed by atoms with Crippen LogP contribution in [0.3, 0.4) is 0 Å². The molecule has 1 aromatic rings. The first-order chi connectivity index (χ1) is 7.21. The zero-order chi connectivity index (χ0) is 12.5. The Hall–Kier alpha value is -1.57. The van der Waals surface area contributed by atoms with Gasteiger partial charge in [-0.2, -0.15) is 13.2 Å². The average molecular weight is 253 g/mol. The van der Waals surface area contributed by atoms with E-state index in [4.69, 9.17) is 5.11 Å². The van der Waals surface area contributed by atoms with Crippen molar-refractivity contribution in [1.29, 1.82) is 0 Å². The van der Waals surface area contributed by atoms with Crippen LogP contribution in [-0.2, 0) is 11.0 Å². The summed E-state index contributed by atoms with van der Waals surface area (Å²) in [5.41, 5.74) is -0.562. The molecule has 0 fully saturated rings. The van der Waals surface area contributed by atoms with E-state index in [0.29, 0.717) is 6.07 Å². The molecule has 0 aliphatic heterocycles. The van der Waals surface area contributed by atoms with Crippen LogP contribution in [0, 0.1) is 0 Å². The van der Waals surface area contributed by atoms with E-state index in [-0.39, 0.29) is 16.3 Å². The molecule has 4 nitrogen and oxygen atoms in total. The van der Waals surface area contributed by atoms with E-state index in [1.807, 2.05) is 5.32 Å². The van der Waals surface area contributed by atoms with E-state index in [0.717, 1.165) is 6.92 Å². The zero-order valence-electron chi connectivity index (χ0n) is 7.88. The molecule has 1 aromatic heterocycles.